The first-order valence-corrected chi connectivity index (χ1v) is 12.8. The summed E-state index contributed by atoms with van der Waals surface area (Å²) in [7, 11) is 1.81. The molecule has 0 saturated carbocycles. The number of carbonyl (C=O) groups excluding carboxylic acids is 2. The summed E-state index contributed by atoms with van der Waals surface area (Å²) >= 11 is 0. The molecule has 0 radical (unpaired) electrons. The van der Waals surface area contributed by atoms with Crippen molar-refractivity contribution in [2.24, 2.45) is 13.0 Å². The van der Waals surface area contributed by atoms with E-state index in [-0.39, 0.29) is 36.4 Å². The number of carboxylic acids is 1. The molecule has 1 N–H and O–H groups in total. The molecule has 0 unspecified atom stereocenters. The van der Waals surface area contributed by atoms with Crippen molar-refractivity contribution in [2.75, 3.05) is 18.0 Å². The Morgan fingerprint density at radius 1 is 0.949 bits per heavy atom. The van der Waals surface area contributed by atoms with Gasteiger partial charge in [0.2, 0.25) is 11.8 Å². The predicted molar refractivity (Wildman–Crippen MR) is 147 cm³/mol. The fourth-order valence-corrected chi connectivity index (χ4v) is 4.93. The van der Waals surface area contributed by atoms with Crippen LogP contribution in [0.3, 0.4) is 0 Å². The molecule has 1 saturated heterocycles. The average molecular weight is 527 g/mol. The number of nitrogens with zero attached hydrogens (tertiary/aromatic N) is 4. The van der Waals surface area contributed by atoms with Crippen molar-refractivity contribution < 1.29 is 24.2 Å². The first kappa shape index (κ1) is 26.0. The lowest BCUT2D eigenvalue weighted by Crippen LogP contribution is -2.55. The number of rotatable bonds is 8. The Hall–Kier alpha value is -4.66. The highest BCUT2D eigenvalue weighted by atomic mass is 16.5. The minimum atomic E-state index is -1.02. The van der Waals surface area contributed by atoms with Crippen molar-refractivity contribution >= 4 is 34.5 Å². The lowest BCUT2D eigenvalue weighted by molar-refractivity contribution is -0.141. The van der Waals surface area contributed by atoms with Crippen molar-refractivity contribution in [3.63, 3.8) is 0 Å². The number of ether oxygens (including phenoxy) is 1. The molecular formula is C30H30N4O5. The Morgan fingerprint density at radius 2 is 1.64 bits per heavy atom. The summed E-state index contributed by atoms with van der Waals surface area (Å²) in [5, 5.41) is 9.41. The smallest absolute Gasteiger partial charge is 0.335 e. The number of hydrogen-bond acceptors (Lipinski definition) is 5. The van der Waals surface area contributed by atoms with E-state index in [4.69, 9.17) is 9.72 Å². The number of benzene rings is 3. The number of hydrogen-bond donors (Lipinski definition) is 1. The number of aromatic carboxylic acids is 1. The van der Waals surface area contributed by atoms with Crippen LogP contribution in [0.1, 0.15) is 42.5 Å². The lowest BCUT2D eigenvalue weighted by atomic mass is 10.0. The van der Waals surface area contributed by atoms with Crippen LogP contribution in [-0.4, -0.2) is 50.4 Å². The SMILES string of the molecule is CC(C)C[C@@H](c1nc2ccc(C(=O)O)cc2n1C)N1CC(=O)N(c2ccc(Oc3ccccc3)cc2)CC1=O. The second-order valence-corrected chi connectivity index (χ2v) is 10.1. The molecule has 1 atom stereocenters. The molecule has 3 aromatic carbocycles. The Balaban J connectivity index is 1.38. The number of imidazole rings is 1. The maximum absolute atomic E-state index is 13.5. The molecule has 9 heteroatoms. The van der Waals surface area contributed by atoms with Gasteiger partial charge in [0.15, 0.2) is 0 Å². The van der Waals surface area contributed by atoms with E-state index in [1.165, 1.54) is 11.0 Å². The largest absolute Gasteiger partial charge is 0.478 e. The molecule has 5 rings (SSSR count). The Kier molecular flexibility index (Phi) is 7.06. The summed E-state index contributed by atoms with van der Waals surface area (Å²) in [5.74, 6) is 0.806. The van der Waals surface area contributed by atoms with Crippen LogP contribution in [0.4, 0.5) is 5.69 Å². The molecule has 2 amide bonds. The van der Waals surface area contributed by atoms with Crippen LogP contribution in [0.2, 0.25) is 0 Å². The third-order valence-electron chi connectivity index (χ3n) is 6.88. The van der Waals surface area contributed by atoms with Gasteiger partial charge in [-0.15, -0.1) is 0 Å². The quantitative estimate of drug-likeness (QED) is 0.345. The molecule has 1 aliphatic rings. The zero-order valence-electron chi connectivity index (χ0n) is 22.1. The maximum Gasteiger partial charge on any atom is 0.335 e. The third kappa shape index (κ3) is 5.34. The third-order valence-corrected chi connectivity index (χ3v) is 6.88. The van der Waals surface area contributed by atoms with Crippen LogP contribution in [0, 0.1) is 5.92 Å². The van der Waals surface area contributed by atoms with Crippen LogP contribution < -0.4 is 9.64 Å². The van der Waals surface area contributed by atoms with Crippen LogP contribution in [0.25, 0.3) is 11.0 Å². The van der Waals surface area contributed by atoms with Gasteiger partial charge >= 0.3 is 5.97 Å². The molecule has 2 heterocycles. The van der Waals surface area contributed by atoms with Gasteiger partial charge in [-0.05, 0) is 66.9 Å². The standard InChI is InChI=1S/C30H30N4O5/c1-19(2)15-26(29-31-24-14-9-20(30(37)38)16-25(24)32(29)3)34-18-27(35)33(17-28(34)36)21-10-12-23(13-11-21)39-22-7-5-4-6-8-22/h4-14,16,19,26H,15,17-18H2,1-3H3,(H,37,38)/t26-/m0/s1. The molecule has 1 aromatic heterocycles. The Morgan fingerprint density at radius 3 is 2.31 bits per heavy atom. The van der Waals surface area contributed by atoms with E-state index in [2.05, 4.69) is 13.8 Å². The van der Waals surface area contributed by atoms with Gasteiger partial charge in [0.05, 0.1) is 22.6 Å². The van der Waals surface area contributed by atoms with Crippen LogP contribution >= 0.6 is 0 Å². The molecule has 9 nitrogen and oxygen atoms in total. The molecule has 1 aliphatic heterocycles. The minimum Gasteiger partial charge on any atom is -0.478 e. The van der Waals surface area contributed by atoms with Gasteiger partial charge in [-0.2, -0.15) is 0 Å². The van der Waals surface area contributed by atoms with Crippen molar-refractivity contribution in [2.45, 2.75) is 26.3 Å². The Labute approximate surface area is 226 Å². The molecular weight excluding hydrogens is 496 g/mol. The van der Waals surface area contributed by atoms with Crippen LogP contribution in [0.15, 0.2) is 72.8 Å². The second-order valence-electron chi connectivity index (χ2n) is 10.1. The summed E-state index contributed by atoms with van der Waals surface area (Å²) in [6.07, 6.45) is 0.605. The van der Waals surface area contributed by atoms with Gasteiger partial charge in [0.25, 0.3) is 0 Å². The van der Waals surface area contributed by atoms with Gasteiger partial charge in [-0.3, -0.25) is 9.59 Å². The van der Waals surface area contributed by atoms with Gasteiger partial charge in [0.1, 0.15) is 30.4 Å². The molecule has 0 aliphatic carbocycles. The van der Waals surface area contributed by atoms with Gasteiger partial charge in [-0.25, -0.2) is 9.78 Å². The van der Waals surface area contributed by atoms with Gasteiger partial charge < -0.3 is 24.2 Å². The van der Waals surface area contributed by atoms with E-state index >= 15 is 0 Å². The summed E-state index contributed by atoms with van der Waals surface area (Å²) in [6.45, 7) is 3.95. The van der Waals surface area contributed by atoms with Crippen LogP contribution in [0.5, 0.6) is 11.5 Å². The monoisotopic (exact) mass is 526 g/mol. The van der Waals surface area contributed by atoms with E-state index in [1.807, 2.05) is 41.9 Å². The number of carbonyl (C=O) groups is 3. The number of para-hydroxylation sites is 1. The number of aryl methyl sites for hydroxylation is 1. The molecule has 0 bridgehead atoms. The molecule has 4 aromatic rings. The predicted octanol–water partition coefficient (Wildman–Crippen LogP) is 5.03. The van der Waals surface area contributed by atoms with Gasteiger partial charge in [-0.1, -0.05) is 32.0 Å². The maximum atomic E-state index is 13.5. The second kappa shape index (κ2) is 10.6. The highest BCUT2D eigenvalue weighted by Crippen LogP contribution is 2.33. The fraction of sp³-hybridized carbons (Fsp3) is 0.267. The molecule has 1 fully saturated rings. The number of fused-ring (bicyclic) bond motifs is 1. The topological polar surface area (TPSA) is 105 Å². The van der Waals surface area contributed by atoms with Crippen molar-refractivity contribution in [3.8, 4) is 11.5 Å². The summed E-state index contributed by atoms with van der Waals surface area (Å²) in [5.41, 5.74) is 2.09. The van der Waals surface area contributed by atoms with Crippen molar-refractivity contribution in [1.82, 2.24) is 14.5 Å². The van der Waals surface area contributed by atoms with E-state index in [1.54, 1.807) is 41.3 Å². The summed E-state index contributed by atoms with van der Waals surface area (Å²) in [4.78, 5) is 46.2. The van der Waals surface area contributed by atoms with Crippen molar-refractivity contribution in [1.29, 1.82) is 0 Å². The zero-order valence-corrected chi connectivity index (χ0v) is 22.1. The van der Waals surface area contributed by atoms with Crippen LogP contribution in [-0.2, 0) is 16.6 Å². The average Bonchev–Trinajstić information content (AvgIpc) is 3.25. The highest BCUT2D eigenvalue weighted by Gasteiger charge is 2.37. The first-order chi connectivity index (χ1) is 18.7. The molecule has 0 spiro atoms. The van der Waals surface area contributed by atoms with E-state index in [0.717, 1.165) is 0 Å². The lowest BCUT2D eigenvalue weighted by Gasteiger charge is -2.38. The van der Waals surface area contributed by atoms with Gasteiger partial charge in [0, 0.05) is 12.7 Å². The summed E-state index contributed by atoms with van der Waals surface area (Å²) in [6, 6.07) is 20.8. The minimum absolute atomic E-state index is 0.0813. The van der Waals surface area contributed by atoms with E-state index in [9.17, 15) is 19.5 Å². The fourth-order valence-electron chi connectivity index (χ4n) is 4.93. The molecule has 200 valence electrons. The number of piperazine rings is 1. The number of amides is 2. The number of carboxylic acid groups (broad SMARTS) is 1. The molecule has 39 heavy (non-hydrogen) atoms. The normalized spacial score (nSPS) is 14.8. The van der Waals surface area contributed by atoms with Crippen molar-refractivity contribution in [3.05, 3.63) is 84.2 Å². The number of aromatic nitrogens is 2. The Bertz CT molecular complexity index is 1530. The van der Waals surface area contributed by atoms with E-state index in [0.29, 0.717) is 40.5 Å². The summed E-state index contributed by atoms with van der Waals surface area (Å²) < 4.78 is 7.66. The first-order valence-electron chi connectivity index (χ1n) is 12.8. The zero-order chi connectivity index (χ0) is 27.7. The number of anilines is 1. The highest BCUT2D eigenvalue weighted by molar-refractivity contribution is 6.04. The van der Waals surface area contributed by atoms with E-state index < -0.39 is 12.0 Å².